The molecule has 1 heterocycles. The van der Waals surface area contributed by atoms with Crippen LogP contribution in [0.1, 0.15) is 27.7 Å². The summed E-state index contributed by atoms with van der Waals surface area (Å²) < 4.78 is 30.7. The molecule has 176 valence electrons. The van der Waals surface area contributed by atoms with Crippen molar-refractivity contribution in [3.05, 3.63) is 22.3 Å². The van der Waals surface area contributed by atoms with Gasteiger partial charge < -0.3 is 28.4 Å². The van der Waals surface area contributed by atoms with Gasteiger partial charge >= 0.3 is 29.8 Å². The SMILES string of the molecule is COC(=O)C1=C[C@H](N=[N+]=[N-])[C@@H](OC(C)=O)[C@H]([C@H](OC(C)=O)[C@@H](COC(C)=O)OC(C)=O)O1. The Kier molecular flexibility index (Phi) is 9.96. The maximum atomic E-state index is 12.1. The van der Waals surface area contributed by atoms with Gasteiger partial charge in [-0.1, -0.05) is 5.11 Å². The summed E-state index contributed by atoms with van der Waals surface area (Å²) in [6, 6.07) is -1.29. The number of carbonyl (C=O) groups excluding carboxylic acids is 5. The second kappa shape index (κ2) is 12.2. The normalized spacial score (nSPS) is 21.3. The number of nitrogens with zero attached hydrogens (tertiary/aromatic N) is 3. The molecule has 0 saturated heterocycles. The minimum atomic E-state index is -1.56. The molecule has 1 aliphatic rings. The largest absolute Gasteiger partial charge is 0.475 e. The maximum absolute atomic E-state index is 12.1. The molecule has 0 aliphatic carbocycles. The van der Waals surface area contributed by atoms with Crippen LogP contribution < -0.4 is 0 Å². The predicted molar refractivity (Wildman–Crippen MR) is 101 cm³/mol. The smallest absolute Gasteiger partial charge is 0.372 e. The molecule has 32 heavy (non-hydrogen) atoms. The van der Waals surface area contributed by atoms with E-state index in [1.807, 2.05) is 0 Å². The number of carbonyl (C=O) groups is 5. The van der Waals surface area contributed by atoms with E-state index in [1.165, 1.54) is 0 Å². The van der Waals surface area contributed by atoms with E-state index >= 15 is 0 Å². The van der Waals surface area contributed by atoms with Crippen LogP contribution in [0.3, 0.4) is 0 Å². The number of hydrogen-bond acceptors (Lipinski definition) is 12. The van der Waals surface area contributed by atoms with E-state index in [0.29, 0.717) is 0 Å². The van der Waals surface area contributed by atoms with Crippen molar-refractivity contribution in [1.29, 1.82) is 0 Å². The van der Waals surface area contributed by atoms with Gasteiger partial charge in [0.2, 0.25) is 5.76 Å². The zero-order valence-electron chi connectivity index (χ0n) is 18.0. The third-order valence-corrected chi connectivity index (χ3v) is 3.88. The van der Waals surface area contributed by atoms with Gasteiger partial charge in [0.15, 0.2) is 24.4 Å². The molecule has 0 aromatic rings. The zero-order valence-corrected chi connectivity index (χ0v) is 18.0. The average Bonchev–Trinajstić information content (AvgIpc) is 2.69. The fourth-order valence-corrected chi connectivity index (χ4v) is 2.81. The molecule has 14 nitrogen and oxygen atoms in total. The van der Waals surface area contributed by atoms with Crippen LogP contribution in [0.4, 0.5) is 0 Å². The number of rotatable bonds is 9. The van der Waals surface area contributed by atoms with E-state index in [2.05, 4.69) is 14.8 Å². The molecule has 0 radical (unpaired) electrons. The second-order valence-corrected chi connectivity index (χ2v) is 6.40. The lowest BCUT2D eigenvalue weighted by Gasteiger charge is -2.39. The van der Waals surface area contributed by atoms with Crippen LogP contribution >= 0.6 is 0 Å². The summed E-state index contributed by atoms with van der Waals surface area (Å²) in [6.45, 7) is 3.69. The number of hydrogen-bond donors (Lipinski definition) is 0. The molecule has 5 atom stereocenters. The standard InChI is InChI=1S/C18H23N3O11/c1-8(22)28-7-14(29-9(2)23)16(31-11(4)25)17-15(30-10(3)24)12(20-21-19)6-13(32-17)18(26)27-5/h6,12,14-17H,7H2,1-5H3/t12-,14+,15+,16+,17+/m0/s1. The van der Waals surface area contributed by atoms with Gasteiger partial charge in [-0.3, -0.25) is 19.2 Å². The van der Waals surface area contributed by atoms with Gasteiger partial charge in [-0.2, -0.15) is 0 Å². The van der Waals surface area contributed by atoms with E-state index in [0.717, 1.165) is 40.9 Å². The summed E-state index contributed by atoms with van der Waals surface area (Å²) in [6.07, 6.45) is -4.89. The minimum Gasteiger partial charge on any atom is -0.475 e. The molecule has 1 aliphatic heterocycles. The summed E-state index contributed by atoms with van der Waals surface area (Å²) >= 11 is 0. The van der Waals surface area contributed by atoms with E-state index in [1.54, 1.807) is 0 Å². The van der Waals surface area contributed by atoms with Gasteiger partial charge in [0.05, 0.1) is 7.11 Å². The van der Waals surface area contributed by atoms with Crippen LogP contribution in [0.5, 0.6) is 0 Å². The molecule has 1 rings (SSSR count). The van der Waals surface area contributed by atoms with Crippen molar-refractivity contribution < 1.29 is 52.4 Å². The first-order valence-electron chi connectivity index (χ1n) is 9.16. The Balaban J connectivity index is 3.57. The summed E-state index contributed by atoms with van der Waals surface area (Å²) in [5.41, 5.74) is 8.92. The molecular weight excluding hydrogens is 434 g/mol. The Hall–Kier alpha value is -3.80. The third-order valence-electron chi connectivity index (χ3n) is 3.88. The van der Waals surface area contributed by atoms with Crippen molar-refractivity contribution >= 4 is 29.8 Å². The Morgan fingerprint density at radius 1 is 1.06 bits per heavy atom. The molecule has 0 bridgehead atoms. The van der Waals surface area contributed by atoms with E-state index in [4.69, 9.17) is 29.2 Å². The summed E-state index contributed by atoms with van der Waals surface area (Å²) in [7, 11) is 1.06. The van der Waals surface area contributed by atoms with Crippen LogP contribution in [0.15, 0.2) is 16.9 Å². The Bertz CT molecular complexity index is 834. The molecule has 0 N–H and O–H groups in total. The highest BCUT2D eigenvalue weighted by molar-refractivity contribution is 5.86. The van der Waals surface area contributed by atoms with Gasteiger partial charge in [0, 0.05) is 32.6 Å². The highest BCUT2D eigenvalue weighted by Crippen LogP contribution is 2.30. The molecule has 0 spiro atoms. The lowest BCUT2D eigenvalue weighted by atomic mass is 9.94. The van der Waals surface area contributed by atoms with Crippen LogP contribution in [-0.2, 0) is 52.4 Å². The second-order valence-electron chi connectivity index (χ2n) is 6.40. The van der Waals surface area contributed by atoms with Crippen molar-refractivity contribution in [3.63, 3.8) is 0 Å². The maximum Gasteiger partial charge on any atom is 0.372 e. The Morgan fingerprint density at radius 3 is 2.16 bits per heavy atom. The van der Waals surface area contributed by atoms with Gasteiger partial charge in [-0.15, -0.1) is 0 Å². The molecule has 0 amide bonds. The van der Waals surface area contributed by atoms with Crippen molar-refractivity contribution in [2.24, 2.45) is 5.11 Å². The first-order valence-corrected chi connectivity index (χ1v) is 9.16. The van der Waals surface area contributed by atoms with Gasteiger partial charge in [-0.25, -0.2) is 4.79 Å². The molecule has 14 heteroatoms. The summed E-state index contributed by atoms with van der Waals surface area (Å²) in [5, 5.41) is 3.50. The van der Waals surface area contributed by atoms with Crippen LogP contribution in [-0.4, -0.2) is 74.0 Å². The molecule has 0 saturated carbocycles. The van der Waals surface area contributed by atoms with Crippen LogP contribution in [0.2, 0.25) is 0 Å². The fourth-order valence-electron chi connectivity index (χ4n) is 2.81. The number of methoxy groups -OCH3 is 1. The first-order chi connectivity index (χ1) is 15.0. The van der Waals surface area contributed by atoms with Crippen molar-refractivity contribution in [1.82, 2.24) is 0 Å². The fraction of sp³-hybridized carbons (Fsp3) is 0.611. The molecule has 0 unspecified atom stereocenters. The predicted octanol–water partition coefficient (Wildman–Crippen LogP) is 0.479. The monoisotopic (exact) mass is 457 g/mol. The number of ether oxygens (including phenoxy) is 6. The quantitative estimate of drug-likeness (QED) is 0.154. The number of esters is 5. The van der Waals surface area contributed by atoms with E-state index in [9.17, 15) is 24.0 Å². The van der Waals surface area contributed by atoms with Gasteiger partial charge in [0.25, 0.3) is 0 Å². The third kappa shape index (κ3) is 7.80. The lowest BCUT2D eigenvalue weighted by Crippen LogP contribution is -2.56. The molecule has 0 aromatic carbocycles. The molecule has 0 fully saturated rings. The van der Waals surface area contributed by atoms with Gasteiger partial charge in [0.1, 0.15) is 12.6 Å². The highest BCUT2D eigenvalue weighted by Gasteiger charge is 2.49. The van der Waals surface area contributed by atoms with Crippen LogP contribution in [0.25, 0.3) is 10.4 Å². The average molecular weight is 457 g/mol. The first kappa shape index (κ1) is 26.2. The van der Waals surface area contributed by atoms with Crippen molar-refractivity contribution in [2.45, 2.75) is 58.2 Å². The Labute approximate surface area is 182 Å². The summed E-state index contributed by atoms with van der Waals surface area (Å²) in [4.78, 5) is 61.2. The topological polar surface area (TPSA) is 189 Å². The van der Waals surface area contributed by atoms with Gasteiger partial charge in [-0.05, 0) is 11.6 Å². The Morgan fingerprint density at radius 2 is 1.69 bits per heavy atom. The highest BCUT2D eigenvalue weighted by atomic mass is 16.6. The molecule has 0 aromatic heterocycles. The zero-order chi connectivity index (χ0) is 24.4. The summed E-state index contributed by atoms with van der Waals surface area (Å²) in [5.74, 6) is -4.65. The van der Waals surface area contributed by atoms with Crippen LogP contribution in [0, 0.1) is 0 Å². The van der Waals surface area contributed by atoms with E-state index in [-0.39, 0.29) is 0 Å². The number of azide groups is 1. The van der Waals surface area contributed by atoms with Crippen molar-refractivity contribution in [3.8, 4) is 0 Å². The van der Waals surface area contributed by atoms with Crippen molar-refractivity contribution in [2.75, 3.05) is 13.7 Å². The lowest BCUT2D eigenvalue weighted by molar-refractivity contribution is -0.199. The molecular formula is C18H23N3O11. The minimum absolute atomic E-state index is 0.440. The van der Waals surface area contributed by atoms with E-state index < -0.39 is 72.7 Å².